The topological polar surface area (TPSA) is 54.0 Å². The molecule has 0 saturated heterocycles. The first-order valence-corrected chi connectivity index (χ1v) is 10.2. The minimum absolute atomic E-state index is 0.196. The van der Waals surface area contributed by atoms with Gasteiger partial charge in [0.25, 0.3) is 0 Å². The van der Waals surface area contributed by atoms with Crippen LogP contribution >= 0.6 is 11.9 Å². The molecule has 3 rings (SSSR count). The summed E-state index contributed by atoms with van der Waals surface area (Å²) in [5.74, 6) is -1.21. The zero-order valence-electron chi connectivity index (χ0n) is 16.6. The maximum Gasteiger partial charge on any atom is 0.387 e. The van der Waals surface area contributed by atoms with E-state index in [1.165, 1.54) is 36.2 Å². The van der Waals surface area contributed by atoms with Crippen molar-refractivity contribution in [2.75, 3.05) is 17.5 Å². The molecule has 2 aromatic carbocycles. The molecule has 2 aromatic rings. The number of rotatable bonds is 8. The van der Waals surface area contributed by atoms with Gasteiger partial charge in [0.05, 0.1) is 0 Å². The lowest BCUT2D eigenvalue weighted by Crippen LogP contribution is -2.33. The maximum atomic E-state index is 14.1. The van der Waals surface area contributed by atoms with E-state index in [0.29, 0.717) is 22.9 Å². The number of allylic oxidation sites excluding steroid dienone is 2. The molecule has 0 aromatic heterocycles. The van der Waals surface area contributed by atoms with Crippen molar-refractivity contribution in [1.82, 2.24) is 4.90 Å². The third-order valence-electron chi connectivity index (χ3n) is 4.24. The largest absolute Gasteiger partial charge is 0.454 e. The summed E-state index contributed by atoms with van der Waals surface area (Å²) in [6.45, 7) is -1.16. The molecule has 10 heteroatoms. The fourth-order valence-electron chi connectivity index (χ4n) is 2.84. The molecule has 1 aliphatic rings. The monoisotopic (exact) mass is 456 g/mol. The van der Waals surface area contributed by atoms with Crippen LogP contribution in [0.1, 0.15) is 12.5 Å². The summed E-state index contributed by atoms with van der Waals surface area (Å²) in [6, 6.07) is 7.87. The summed E-state index contributed by atoms with van der Waals surface area (Å²) in [4.78, 5) is 1.29. The third kappa shape index (κ3) is 5.65. The van der Waals surface area contributed by atoms with Gasteiger partial charge in [0, 0.05) is 41.9 Å². The van der Waals surface area contributed by atoms with Gasteiger partial charge in [-0.3, -0.25) is 0 Å². The maximum absolute atomic E-state index is 14.1. The van der Waals surface area contributed by atoms with Crippen molar-refractivity contribution < 1.29 is 32.1 Å². The minimum Gasteiger partial charge on any atom is -0.454 e. The summed E-state index contributed by atoms with van der Waals surface area (Å²) < 4.78 is 66.1. The number of alkyl halides is 2. The standard InChI is InChI=1S/C21H20F4N2O3S/c1-3-31-26-14-5-7-17(29-18-6-4-13(22)9-16(18)23)15(10-14)12-8-19(30-21(24)25)20(28)27(2)11-12/h4-11,20-21,26,28H,3H2,1-2H3. The first kappa shape index (κ1) is 22.8. The Morgan fingerprint density at radius 1 is 1.16 bits per heavy atom. The predicted molar refractivity (Wildman–Crippen MR) is 112 cm³/mol. The highest BCUT2D eigenvalue weighted by atomic mass is 32.2. The summed E-state index contributed by atoms with van der Waals surface area (Å²) in [5, 5.41) is 10.1. The number of anilines is 1. The Bertz CT molecular complexity index is 1000. The van der Waals surface area contributed by atoms with Crippen LogP contribution in [0.3, 0.4) is 0 Å². The number of nitrogens with one attached hydrogen (secondary N) is 1. The van der Waals surface area contributed by atoms with Crippen molar-refractivity contribution in [3.05, 3.63) is 71.6 Å². The molecule has 0 radical (unpaired) electrons. The fraction of sp³-hybridized carbons (Fsp3) is 0.238. The second-order valence-electron chi connectivity index (χ2n) is 6.47. The van der Waals surface area contributed by atoms with Crippen molar-refractivity contribution >= 4 is 23.2 Å². The van der Waals surface area contributed by atoms with Crippen LogP contribution < -0.4 is 9.46 Å². The molecule has 2 N–H and O–H groups in total. The third-order valence-corrected chi connectivity index (χ3v) is 4.91. The number of aliphatic hydroxyl groups excluding tert-OH is 1. The number of likely N-dealkylation sites (N-methyl/N-ethyl adjacent to an activating group) is 1. The van der Waals surface area contributed by atoms with Crippen LogP contribution in [-0.4, -0.2) is 35.6 Å². The Kier molecular flexibility index (Phi) is 7.34. The smallest absolute Gasteiger partial charge is 0.387 e. The van der Waals surface area contributed by atoms with Crippen LogP contribution in [0.5, 0.6) is 11.5 Å². The van der Waals surface area contributed by atoms with E-state index in [9.17, 15) is 22.7 Å². The molecule has 0 aliphatic carbocycles. The van der Waals surface area contributed by atoms with Crippen molar-refractivity contribution in [3.8, 4) is 11.5 Å². The zero-order valence-corrected chi connectivity index (χ0v) is 17.4. The van der Waals surface area contributed by atoms with Crippen molar-refractivity contribution in [1.29, 1.82) is 0 Å². The van der Waals surface area contributed by atoms with Gasteiger partial charge in [-0.25, -0.2) is 8.78 Å². The van der Waals surface area contributed by atoms with Crippen LogP contribution in [-0.2, 0) is 4.74 Å². The number of aliphatic hydroxyl groups is 1. The van der Waals surface area contributed by atoms with Crippen molar-refractivity contribution in [2.24, 2.45) is 0 Å². The van der Waals surface area contributed by atoms with Crippen LogP contribution in [0, 0.1) is 11.6 Å². The normalized spacial score (nSPS) is 16.1. The van der Waals surface area contributed by atoms with E-state index in [-0.39, 0.29) is 17.3 Å². The van der Waals surface area contributed by atoms with Gasteiger partial charge in [0.1, 0.15) is 11.6 Å². The van der Waals surface area contributed by atoms with Crippen LogP contribution in [0.2, 0.25) is 0 Å². The van der Waals surface area contributed by atoms with Crippen molar-refractivity contribution in [3.63, 3.8) is 0 Å². The van der Waals surface area contributed by atoms with Crippen molar-refractivity contribution in [2.45, 2.75) is 19.8 Å². The van der Waals surface area contributed by atoms with Crippen LogP contribution in [0.25, 0.3) is 5.57 Å². The minimum atomic E-state index is -3.12. The number of halogens is 4. The van der Waals surface area contributed by atoms with E-state index >= 15 is 0 Å². The Labute approximate surface area is 181 Å². The molecular formula is C21H20F4N2O3S. The highest BCUT2D eigenvalue weighted by Crippen LogP contribution is 2.37. The molecule has 0 fully saturated rings. The molecule has 0 saturated carbocycles. The van der Waals surface area contributed by atoms with Gasteiger partial charge in [-0.2, -0.15) is 8.78 Å². The van der Waals surface area contributed by atoms with Gasteiger partial charge in [-0.1, -0.05) is 18.9 Å². The quantitative estimate of drug-likeness (QED) is 0.401. The number of nitrogens with zero attached hydrogens (tertiary/aromatic N) is 1. The van der Waals surface area contributed by atoms with Gasteiger partial charge in [-0.05, 0) is 36.4 Å². The summed E-state index contributed by atoms with van der Waals surface area (Å²) in [6.07, 6.45) is 1.38. The average Bonchev–Trinajstić information content (AvgIpc) is 2.72. The second-order valence-corrected chi connectivity index (χ2v) is 7.54. The number of hydrogen-bond acceptors (Lipinski definition) is 6. The SMILES string of the molecule is CCSNc1ccc(Oc2ccc(F)cc2F)c(C2=CN(C)C(O)C(OC(F)F)=C2)c1. The highest BCUT2D eigenvalue weighted by Gasteiger charge is 2.26. The lowest BCUT2D eigenvalue weighted by Gasteiger charge is -2.29. The van der Waals surface area contributed by atoms with Gasteiger partial charge < -0.3 is 24.2 Å². The van der Waals surface area contributed by atoms with Gasteiger partial charge in [0.2, 0.25) is 0 Å². The number of ether oxygens (including phenoxy) is 2. The molecule has 0 amide bonds. The van der Waals surface area contributed by atoms with Gasteiger partial charge >= 0.3 is 6.61 Å². The van der Waals surface area contributed by atoms with E-state index < -0.39 is 24.5 Å². The molecular weight excluding hydrogens is 436 g/mol. The molecule has 1 heterocycles. The Balaban J connectivity index is 2.05. The van der Waals surface area contributed by atoms with E-state index in [1.807, 2.05) is 6.92 Å². The summed E-state index contributed by atoms with van der Waals surface area (Å²) in [5.41, 5.74) is 1.49. The first-order chi connectivity index (χ1) is 14.8. The molecule has 1 aliphatic heterocycles. The molecule has 5 nitrogen and oxygen atoms in total. The molecule has 1 atom stereocenters. The molecule has 166 valence electrons. The predicted octanol–water partition coefficient (Wildman–Crippen LogP) is 5.56. The average molecular weight is 456 g/mol. The highest BCUT2D eigenvalue weighted by molar-refractivity contribution is 8.00. The van der Waals surface area contributed by atoms with Gasteiger partial charge in [0.15, 0.2) is 23.6 Å². The molecule has 1 unspecified atom stereocenters. The number of hydrogen-bond donors (Lipinski definition) is 2. The Morgan fingerprint density at radius 3 is 2.58 bits per heavy atom. The van der Waals surface area contributed by atoms with Crippen LogP contribution in [0.15, 0.2) is 54.4 Å². The molecule has 31 heavy (non-hydrogen) atoms. The summed E-state index contributed by atoms with van der Waals surface area (Å²) >= 11 is 1.44. The molecule has 0 bridgehead atoms. The van der Waals surface area contributed by atoms with E-state index in [4.69, 9.17) is 4.74 Å². The van der Waals surface area contributed by atoms with E-state index in [0.717, 1.165) is 17.9 Å². The lowest BCUT2D eigenvalue weighted by molar-refractivity contribution is -0.123. The van der Waals surface area contributed by atoms with E-state index in [2.05, 4.69) is 9.46 Å². The summed E-state index contributed by atoms with van der Waals surface area (Å²) in [7, 11) is 1.49. The van der Waals surface area contributed by atoms with Gasteiger partial charge in [-0.15, -0.1) is 0 Å². The van der Waals surface area contributed by atoms with Crippen LogP contribution in [0.4, 0.5) is 23.2 Å². The number of benzene rings is 2. The fourth-order valence-corrected chi connectivity index (χ4v) is 3.28. The second kappa shape index (κ2) is 9.97. The Hall–Kier alpha value is -2.85. The first-order valence-electron chi connectivity index (χ1n) is 9.21. The Morgan fingerprint density at radius 2 is 1.90 bits per heavy atom. The van der Waals surface area contributed by atoms with E-state index in [1.54, 1.807) is 18.2 Å². The lowest BCUT2D eigenvalue weighted by atomic mass is 10.0. The zero-order chi connectivity index (χ0) is 22.5. The molecule has 0 spiro atoms.